The molecule has 1 atom stereocenters. The Kier molecular flexibility index (Phi) is 5.05. The Morgan fingerprint density at radius 2 is 2.06 bits per heavy atom. The van der Waals surface area contributed by atoms with Crippen LogP contribution in [0.3, 0.4) is 0 Å². The van der Waals surface area contributed by atoms with Gasteiger partial charge in [-0.25, -0.2) is 0 Å². The monoisotopic (exact) mass is 290 g/mol. The van der Waals surface area contributed by atoms with Gasteiger partial charge in [0.15, 0.2) is 6.79 Å². The van der Waals surface area contributed by atoms with Gasteiger partial charge in [-0.2, -0.15) is 0 Å². The van der Waals surface area contributed by atoms with Crippen LogP contribution in [0.1, 0.15) is 18.6 Å². The largest absolute Gasteiger partial charge is 0.497 e. The lowest BCUT2D eigenvalue weighted by molar-refractivity contribution is 0.0501. The lowest BCUT2D eigenvalue weighted by Gasteiger charge is -2.14. The molecule has 1 unspecified atom stereocenters. The van der Waals surface area contributed by atoms with E-state index in [1.165, 1.54) is 0 Å². The van der Waals surface area contributed by atoms with Gasteiger partial charge in [-0.15, -0.1) is 0 Å². The molecule has 16 heavy (non-hydrogen) atoms. The van der Waals surface area contributed by atoms with Crippen molar-refractivity contribution in [2.75, 3.05) is 21.0 Å². The first-order valence-electron chi connectivity index (χ1n) is 4.77. The quantitative estimate of drug-likeness (QED) is 0.847. The van der Waals surface area contributed by atoms with Crippen LogP contribution in [-0.2, 0) is 4.74 Å². The molecule has 0 saturated heterocycles. The van der Waals surface area contributed by atoms with E-state index in [9.17, 15) is 5.11 Å². The predicted molar refractivity (Wildman–Crippen MR) is 63.8 cm³/mol. The van der Waals surface area contributed by atoms with Gasteiger partial charge in [-0.1, -0.05) is 0 Å². The van der Waals surface area contributed by atoms with E-state index in [0.717, 1.165) is 0 Å². The molecule has 0 aliphatic heterocycles. The zero-order valence-corrected chi connectivity index (χ0v) is 11.1. The van der Waals surface area contributed by atoms with E-state index in [2.05, 4.69) is 15.9 Å². The minimum atomic E-state index is -0.602. The Bertz CT molecular complexity index is 352. The first kappa shape index (κ1) is 13.3. The van der Waals surface area contributed by atoms with Crippen LogP contribution < -0.4 is 9.47 Å². The molecule has 0 aromatic heterocycles. The number of hydrogen-bond donors (Lipinski definition) is 1. The van der Waals surface area contributed by atoms with Crippen LogP contribution in [0.5, 0.6) is 11.5 Å². The van der Waals surface area contributed by atoms with Gasteiger partial charge in [0, 0.05) is 18.7 Å². The maximum atomic E-state index is 9.60. The molecule has 4 nitrogen and oxygen atoms in total. The summed E-state index contributed by atoms with van der Waals surface area (Å²) in [6.45, 7) is 1.82. The van der Waals surface area contributed by atoms with Crippen LogP contribution >= 0.6 is 15.9 Å². The molecule has 0 radical (unpaired) electrons. The number of aliphatic hydroxyl groups is 1. The van der Waals surface area contributed by atoms with E-state index >= 15 is 0 Å². The Hall–Kier alpha value is -0.780. The molecule has 90 valence electrons. The van der Waals surface area contributed by atoms with Gasteiger partial charge in [-0.05, 0) is 28.9 Å². The van der Waals surface area contributed by atoms with Gasteiger partial charge >= 0.3 is 0 Å². The number of benzene rings is 1. The van der Waals surface area contributed by atoms with E-state index in [0.29, 0.717) is 21.5 Å². The Balaban J connectivity index is 3.10. The molecule has 1 rings (SSSR count). The fourth-order valence-electron chi connectivity index (χ4n) is 1.24. The normalized spacial score (nSPS) is 12.3. The van der Waals surface area contributed by atoms with Crippen molar-refractivity contribution < 1.29 is 19.3 Å². The summed E-state index contributed by atoms with van der Waals surface area (Å²) in [7, 11) is 3.11. The first-order valence-corrected chi connectivity index (χ1v) is 5.56. The summed E-state index contributed by atoms with van der Waals surface area (Å²) >= 11 is 3.38. The van der Waals surface area contributed by atoms with Crippen molar-refractivity contribution in [3.05, 3.63) is 22.2 Å². The van der Waals surface area contributed by atoms with Crippen molar-refractivity contribution in [2.45, 2.75) is 13.0 Å². The molecular formula is C11H15BrO4. The number of aliphatic hydroxyl groups excluding tert-OH is 1. The fourth-order valence-corrected chi connectivity index (χ4v) is 1.92. The molecule has 1 aromatic rings. The molecule has 0 aliphatic rings. The topological polar surface area (TPSA) is 47.9 Å². The molecule has 0 fully saturated rings. The number of methoxy groups -OCH3 is 2. The minimum Gasteiger partial charge on any atom is -0.497 e. The third-order valence-electron chi connectivity index (χ3n) is 2.06. The van der Waals surface area contributed by atoms with E-state index in [1.54, 1.807) is 33.3 Å². The standard InChI is InChI=1S/C11H15BrO4/c1-7(13)9-4-8(15-3)5-10(11(9)12)16-6-14-2/h4-5,7,13H,6H2,1-3H3. The smallest absolute Gasteiger partial charge is 0.188 e. The minimum absolute atomic E-state index is 0.144. The molecule has 0 aliphatic carbocycles. The number of ether oxygens (including phenoxy) is 3. The van der Waals surface area contributed by atoms with Crippen LogP contribution in [0.4, 0.5) is 0 Å². The summed E-state index contributed by atoms with van der Waals surface area (Å²) in [6, 6.07) is 3.49. The highest BCUT2D eigenvalue weighted by Crippen LogP contribution is 2.36. The SMILES string of the molecule is COCOc1cc(OC)cc(C(C)O)c1Br. The van der Waals surface area contributed by atoms with Crippen molar-refractivity contribution in [1.82, 2.24) is 0 Å². The Labute approximate surface area is 103 Å². The third-order valence-corrected chi connectivity index (χ3v) is 2.91. The zero-order chi connectivity index (χ0) is 12.1. The van der Waals surface area contributed by atoms with Crippen LogP contribution in [-0.4, -0.2) is 26.1 Å². The van der Waals surface area contributed by atoms with Gasteiger partial charge in [0.25, 0.3) is 0 Å². The van der Waals surface area contributed by atoms with Gasteiger partial charge in [0.2, 0.25) is 0 Å². The summed E-state index contributed by atoms with van der Waals surface area (Å²) in [6.07, 6.45) is -0.602. The molecule has 5 heteroatoms. The van der Waals surface area contributed by atoms with Gasteiger partial charge in [-0.3, -0.25) is 0 Å². The number of rotatable bonds is 5. The second-order valence-corrected chi connectivity index (χ2v) is 4.05. The fraction of sp³-hybridized carbons (Fsp3) is 0.455. The van der Waals surface area contributed by atoms with Crippen molar-refractivity contribution in [3.63, 3.8) is 0 Å². The molecule has 1 N–H and O–H groups in total. The third kappa shape index (κ3) is 3.10. The Morgan fingerprint density at radius 1 is 1.38 bits per heavy atom. The molecular weight excluding hydrogens is 276 g/mol. The van der Waals surface area contributed by atoms with Crippen molar-refractivity contribution in [3.8, 4) is 11.5 Å². The lowest BCUT2D eigenvalue weighted by Crippen LogP contribution is -2.02. The second-order valence-electron chi connectivity index (χ2n) is 3.26. The summed E-state index contributed by atoms with van der Waals surface area (Å²) in [5, 5.41) is 9.60. The summed E-state index contributed by atoms with van der Waals surface area (Å²) in [4.78, 5) is 0. The first-order chi connectivity index (χ1) is 7.60. The molecule has 0 heterocycles. The molecule has 1 aromatic carbocycles. The maximum Gasteiger partial charge on any atom is 0.188 e. The molecule has 0 saturated carbocycles. The van der Waals surface area contributed by atoms with E-state index < -0.39 is 6.10 Å². The average molecular weight is 291 g/mol. The molecule has 0 amide bonds. The van der Waals surface area contributed by atoms with Crippen LogP contribution in [0.25, 0.3) is 0 Å². The van der Waals surface area contributed by atoms with Gasteiger partial charge < -0.3 is 19.3 Å². The van der Waals surface area contributed by atoms with Crippen LogP contribution in [0, 0.1) is 0 Å². The van der Waals surface area contributed by atoms with E-state index in [1.807, 2.05) is 0 Å². The van der Waals surface area contributed by atoms with E-state index in [4.69, 9.17) is 14.2 Å². The highest BCUT2D eigenvalue weighted by molar-refractivity contribution is 9.10. The van der Waals surface area contributed by atoms with Crippen LogP contribution in [0.2, 0.25) is 0 Å². The van der Waals surface area contributed by atoms with Crippen molar-refractivity contribution in [1.29, 1.82) is 0 Å². The zero-order valence-electron chi connectivity index (χ0n) is 9.49. The Morgan fingerprint density at radius 3 is 2.56 bits per heavy atom. The maximum absolute atomic E-state index is 9.60. The van der Waals surface area contributed by atoms with Crippen molar-refractivity contribution >= 4 is 15.9 Å². The van der Waals surface area contributed by atoms with Gasteiger partial charge in [0.05, 0.1) is 17.7 Å². The summed E-state index contributed by atoms with van der Waals surface area (Å²) in [5.41, 5.74) is 0.713. The predicted octanol–water partition coefficient (Wildman–Crippen LogP) is 2.49. The summed E-state index contributed by atoms with van der Waals surface area (Å²) in [5.74, 6) is 1.21. The molecule has 0 bridgehead atoms. The molecule has 0 spiro atoms. The highest BCUT2D eigenvalue weighted by Gasteiger charge is 2.14. The number of hydrogen-bond acceptors (Lipinski definition) is 4. The van der Waals surface area contributed by atoms with Crippen molar-refractivity contribution in [2.24, 2.45) is 0 Å². The average Bonchev–Trinajstić information content (AvgIpc) is 2.27. The van der Waals surface area contributed by atoms with Gasteiger partial charge in [0.1, 0.15) is 11.5 Å². The number of halogens is 1. The lowest BCUT2D eigenvalue weighted by atomic mass is 10.1. The second kappa shape index (κ2) is 6.08. The van der Waals surface area contributed by atoms with E-state index in [-0.39, 0.29) is 6.79 Å². The highest BCUT2D eigenvalue weighted by atomic mass is 79.9. The summed E-state index contributed by atoms with van der Waals surface area (Å²) < 4.78 is 16.0. The van der Waals surface area contributed by atoms with Crippen LogP contribution in [0.15, 0.2) is 16.6 Å².